The first kappa shape index (κ1) is 16.9. The van der Waals surface area contributed by atoms with Gasteiger partial charge in [-0.15, -0.1) is 10.2 Å². The fourth-order valence-electron chi connectivity index (χ4n) is 1.26. The molecule has 0 fully saturated rings. The second-order valence-electron chi connectivity index (χ2n) is 4.30. The molecule has 11 heteroatoms. The molecule has 0 saturated carbocycles. The van der Waals surface area contributed by atoms with Gasteiger partial charge in [0, 0.05) is 6.92 Å². The Morgan fingerprint density at radius 2 is 2.00 bits per heavy atom. The number of anilines is 1. The van der Waals surface area contributed by atoms with E-state index in [0.717, 1.165) is 11.3 Å². The van der Waals surface area contributed by atoms with Crippen LogP contribution in [-0.4, -0.2) is 35.6 Å². The minimum atomic E-state index is -3.89. The van der Waals surface area contributed by atoms with Crippen molar-refractivity contribution in [3.8, 4) is 0 Å². The van der Waals surface area contributed by atoms with E-state index in [1.165, 1.54) is 6.92 Å². The van der Waals surface area contributed by atoms with Crippen molar-refractivity contribution in [2.24, 2.45) is 11.7 Å². The van der Waals surface area contributed by atoms with Crippen LogP contribution in [0.5, 0.6) is 0 Å². The number of nitrogens with zero attached hydrogens (tertiary/aromatic N) is 2. The summed E-state index contributed by atoms with van der Waals surface area (Å²) in [5.41, 5.74) is 5.51. The number of hydrogen-bond donors (Lipinski definition) is 3. The Labute approximate surface area is 126 Å². The molecule has 1 aromatic rings. The Morgan fingerprint density at radius 3 is 2.45 bits per heavy atom. The number of rotatable bonds is 6. The average molecular weight is 337 g/mol. The lowest BCUT2D eigenvalue weighted by Crippen LogP contribution is -2.46. The number of nitrogens with one attached hydrogen (secondary N) is 2. The van der Waals surface area contributed by atoms with E-state index in [-0.39, 0.29) is 26.3 Å². The maximum Gasteiger partial charge on any atom is 0.270 e. The lowest BCUT2D eigenvalue weighted by molar-refractivity contribution is -0.114. The highest BCUT2D eigenvalue weighted by Crippen LogP contribution is 2.20. The highest BCUT2D eigenvalue weighted by Gasteiger charge is 2.27. The predicted molar refractivity (Wildman–Crippen MR) is 79.9 cm³/mol. The lowest BCUT2D eigenvalue weighted by atomic mass is 10.1. The summed E-state index contributed by atoms with van der Waals surface area (Å²) in [5.74, 6) is -0.466. The summed E-state index contributed by atoms with van der Waals surface area (Å²) in [6.45, 7) is 4.86. The molecule has 1 rings (SSSR count). The maximum atomic E-state index is 12.1. The average Bonchev–Trinajstić information content (AvgIpc) is 2.73. The lowest BCUT2D eigenvalue weighted by Gasteiger charge is -2.19. The van der Waals surface area contributed by atoms with Crippen molar-refractivity contribution in [1.29, 1.82) is 0 Å². The third kappa shape index (κ3) is 4.44. The molecule has 0 radical (unpaired) electrons. The van der Waals surface area contributed by atoms with Gasteiger partial charge in [-0.25, -0.2) is 8.42 Å². The number of carbonyl (C=O) groups is 1. The number of sulfonamides is 1. The number of nitrogens with two attached hydrogens (primary N) is 1. The van der Waals surface area contributed by atoms with Gasteiger partial charge < -0.3 is 11.1 Å². The highest BCUT2D eigenvalue weighted by atomic mass is 32.2. The molecule has 1 atom stereocenters. The van der Waals surface area contributed by atoms with Gasteiger partial charge in [0.1, 0.15) is 0 Å². The van der Waals surface area contributed by atoms with E-state index in [4.69, 9.17) is 18.0 Å². The van der Waals surface area contributed by atoms with Crippen LogP contribution in [-0.2, 0) is 14.8 Å². The second-order valence-corrected chi connectivity index (χ2v) is 7.64. The van der Waals surface area contributed by atoms with E-state index >= 15 is 0 Å². The van der Waals surface area contributed by atoms with Crippen LogP contribution in [0, 0.1) is 5.92 Å². The zero-order valence-corrected chi connectivity index (χ0v) is 13.5. The first-order chi connectivity index (χ1) is 9.13. The third-order valence-electron chi connectivity index (χ3n) is 2.17. The largest absolute Gasteiger partial charge is 0.392 e. The summed E-state index contributed by atoms with van der Waals surface area (Å²) in [5, 5.41) is 9.57. The molecule has 1 aromatic heterocycles. The van der Waals surface area contributed by atoms with Crippen molar-refractivity contribution >= 4 is 49.6 Å². The number of hydrogen-bond acceptors (Lipinski definition) is 7. The van der Waals surface area contributed by atoms with Gasteiger partial charge in [0.25, 0.3) is 10.0 Å². The topological polar surface area (TPSA) is 127 Å². The maximum absolute atomic E-state index is 12.1. The van der Waals surface area contributed by atoms with Gasteiger partial charge in [-0.3, -0.25) is 4.79 Å². The molecule has 0 aliphatic heterocycles. The van der Waals surface area contributed by atoms with Crippen molar-refractivity contribution in [3.05, 3.63) is 0 Å². The molecule has 1 unspecified atom stereocenters. The molecule has 20 heavy (non-hydrogen) atoms. The van der Waals surface area contributed by atoms with Crippen LogP contribution in [0.15, 0.2) is 4.34 Å². The van der Waals surface area contributed by atoms with Crippen molar-refractivity contribution < 1.29 is 13.2 Å². The van der Waals surface area contributed by atoms with Gasteiger partial charge in [-0.1, -0.05) is 37.4 Å². The smallest absolute Gasteiger partial charge is 0.270 e. The molecule has 1 heterocycles. The Morgan fingerprint density at radius 1 is 1.40 bits per heavy atom. The minimum absolute atomic E-state index is 0.0511. The highest BCUT2D eigenvalue weighted by molar-refractivity contribution is 7.91. The molecule has 0 spiro atoms. The number of carbonyl (C=O) groups excluding carboxylic acids is 1. The van der Waals surface area contributed by atoms with Gasteiger partial charge in [0.15, 0.2) is 0 Å². The monoisotopic (exact) mass is 337 g/mol. The van der Waals surface area contributed by atoms with Crippen molar-refractivity contribution in [2.45, 2.75) is 31.2 Å². The summed E-state index contributed by atoms with van der Waals surface area (Å²) in [6.07, 6.45) is 0. The van der Waals surface area contributed by atoms with Gasteiger partial charge in [0.2, 0.25) is 15.4 Å². The SMILES string of the molecule is CC(=O)Nc1nnc(S(=O)(=O)NC(C(N)=S)C(C)C)s1. The normalized spacial score (nSPS) is 13.2. The standard InChI is InChI=1S/C9H15N5O3S3/c1-4(2)6(7(10)18)14-20(16,17)9-13-12-8(19-9)11-5(3)15/h4,6,14H,1-3H3,(H2,10,18)(H,11,12,15). The van der Waals surface area contributed by atoms with Crippen LogP contribution in [0.2, 0.25) is 0 Å². The van der Waals surface area contributed by atoms with E-state index in [9.17, 15) is 13.2 Å². The Hall–Kier alpha value is -1.17. The molecule has 112 valence electrons. The summed E-state index contributed by atoms with van der Waals surface area (Å²) < 4.78 is 26.4. The quantitative estimate of drug-likeness (QED) is 0.495. The number of amides is 1. The Kier molecular flexibility index (Phi) is 5.50. The summed E-state index contributed by atoms with van der Waals surface area (Å²) >= 11 is 5.58. The molecule has 4 N–H and O–H groups in total. The first-order valence-electron chi connectivity index (χ1n) is 5.56. The third-order valence-corrected chi connectivity index (χ3v) is 5.08. The summed E-state index contributed by atoms with van der Waals surface area (Å²) in [7, 11) is -3.89. The van der Waals surface area contributed by atoms with Gasteiger partial charge >= 0.3 is 0 Å². The van der Waals surface area contributed by atoms with Crippen molar-refractivity contribution in [2.75, 3.05) is 5.32 Å². The molecule has 0 bridgehead atoms. The zero-order chi connectivity index (χ0) is 15.5. The minimum Gasteiger partial charge on any atom is -0.392 e. The molecular formula is C9H15N5O3S3. The Bertz CT molecular complexity index is 610. The summed E-state index contributed by atoms with van der Waals surface area (Å²) in [4.78, 5) is 10.9. The molecule has 1 amide bonds. The van der Waals surface area contributed by atoms with E-state index in [1.54, 1.807) is 13.8 Å². The number of aromatic nitrogens is 2. The fourth-order valence-corrected chi connectivity index (χ4v) is 3.99. The van der Waals surface area contributed by atoms with Crippen LogP contribution in [0.4, 0.5) is 5.13 Å². The van der Waals surface area contributed by atoms with E-state index in [1.807, 2.05) is 0 Å². The molecule has 0 saturated heterocycles. The molecule has 0 aromatic carbocycles. The van der Waals surface area contributed by atoms with Crippen LogP contribution in [0.3, 0.4) is 0 Å². The van der Waals surface area contributed by atoms with Crippen LogP contribution < -0.4 is 15.8 Å². The fraction of sp³-hybridized carbons (Fsp3) is 0.556. The molecular weight excluding hydrogens is 322 g/mol. The van der Waals surface area contributed by atoms with Gasteiger partial charge in [0.05, 0.1) is 11.0 Å². The number of thiocarbonyl (C=S) groups is 1. The van der Waals surface area contributed by atoms with Crippen molar-refractivity contribution in [3.63, 3.8) is 0 Å². The van der Waals surface area contributed by atoms with Crippen molar-refractivity contribution in [1.82, 2.24) is 14.9 Å². The predicted octanol–water partition coefficient (Wildman–Crippen LogP) is 0.0855. The molecule has 0 aliphatic carbocycles. The van der Waals surface area contributed by atoms with E-state index in [2.05, 4.69) is 20.2 Å². The first-order valence-corrected chi connectivity index (χ1v) is 8.27. The van der Waals surface area contributed by atoms with Gasteiger partial charge in [-0.2, -0.15) is 4.72 Å². The van der Waals surface area contributed by atoms with E-state index in [0.29, 0.717) is 0 Å². The van der Waals surface area contributed by atoms with Crippen LogP contribution in [0.25, 0.3) is 0 Å². The zero-order valence-electron chi connectivity index (χ0n) is 11.1. The van der Waals surface area contributed by atoms with Crippen LogP contribution >= 0.6 is 23.6 Å². The molecule has 0 aliphatic rings. The van der Waals surface area contributed by atoms with E-state index < -0.39 is 16.1 Å². The van der Waals surface area contributed by atoms with Gasteiger partial charge in [-0.05, 0) is 5.92 Å². The Balaban J connectivity index is 2.96. The summed E-state index contributed by atoms with van der Waals surface area (Å²) in [6, 6.07) is -0.678. The molecule has 8 nitrogen and oxygen atoms in total. The van der Waals surface area contributed by atoms with Crippen LogP contribution in [0.1, 0.15) is 20.8 Å². The second kappa shape index (κ2) is 6.52.